The van der Waals surface area contributed by atoms with E-state index in [1.165, 1.54) is 0 Å². The van der Waals surface area contributed by atoms with Crippen LogP contribution in [0.25, 0.3) is 11.1 Å². The summed E-state index contributed by atoms with van der Waals surface area (Å²) in [5.74, 6) is 0.466. The summed E-state index contributed by atoms with van der Waals surface area (Å²) in [5.41, 5.74) is 5.24. The van der Waals surface area contributed by atoms with Gasteiger partial charge in [0.05, 0.1) is 0 Å². The maximum atomic E-state index is 12.3. The van der Waals surface area contributed by atoms with Crippen molar-refractivity contribution >= 4 is 17.0 Å². The monoisotopic (exact) mass is 325 g/mol. The molecule has 0 aliphatic carbocycles. The number of benzene rings is 1. The Morgan fingerprint density at radius 1 is 1.42 bits per heavy atom. The number of rotatable bonds is 4. The Morgan fingerprint density at radius 2 is 2.33 bits per heavy atom. The van der Waals surface area contributed by atoms with Gasteiger partial charge in [-0.15, -0.1) is 0 Å². The van der Waals surface area contributed by atoms with E-state index in [0.29, 0.717) is 31.1 Å². The lowest BCUT2D eigenvalue weighted by Gasteiger charge is -2.12. The fourth-order valence-corrected chi connectivity index (χ4v) is 3.02. The minimum atomic E-state index is -0.163. The Morgan fingerprint density at radius 3 is 3.21 bits per heavy atom. The predicted octanol–water partition coefficient (Wildman–Crippen LogP) is 1.48. The molecule has 0 atom stereocenters. The van der Waals surface area contributed by atoms with Crippen LogP contribution in [-0.2, 0) is 19.4 Å². The highest BCUT2D eigenvalue weighted by molar-refractivity contribution is 5.94. The Kier molecular flexibility index (Phi) is 3.78. The first-order valence-corrected chi connectivity index (χ1v) is 8.12. The third-order valence-corrected chi connectivity index (χ3v) is 4.31. The lowest BCUT2D eigenvalue weighted by molar-refractivity contribution is 0.0947. The number of hydrogen-bond donors (Lipinski definition) is 3. The largest absolute Gasteiger partial charge is 0.441 e. The van der Waals surface area contributed by atoms with Crippen molar-refractivity contribution in [2.75, 3.05) is 13.1 Å². The molecule has 7 nitrogen and oxygen atoms in total. The zero-order chi connectivity index (χ0) is 16.5. The number of carbonyl (C=O) groups is 1. The predicted molar refractivity (Wildman–Crippen MR) is 88.8 cm³/mol. The quantitative estimate of drug-likeness (QED) is 0.675. The fraction of sp³-hybridized carbons (Fsp3) is 0.353. The second-order valence-corrected chi connectivity index (χ2v) is 5.99. The van der Waals surface area contributed by atoms with E-state index in [0.717, 1.165) is 40.9 Å². The van der Waals surface area contributed by atoms with E-state index in [1.807, 2.05) is 25.1 Å². The molecule has 0 saturated heterocycles. The number of para-hydroxylation sites is 1. The van der Waals surface area contributed by atoms with Crippen LogP contribution in [0.2, 0.25) is 0 Å². The number of aromatic amines is 1. The molecular formula is C17H19N5O2. The minimum Gasteiger partial charge on any atom is -0.441 e. The zero-order valence-corrected chi connectivity index (χ0v) is 13.5. The molecule has 24 heavy (non-hydrogen) atoms. The molecule has 1 aliphatic heterocycles. The van der Waals surface area contributed by atoms with Gasteiger partial charge in [0.15, 0.2) is 17.2 Å². The number of oxazole rings is 1. The van der Waals surface area contributed by atoms with Crippen LogP contribution in [0, 0.1) is 6.92 Å². The molecule has 0 bridgehead atoms. The summed E-state index contributed by atoms with van der Waals surface area (Å²) in [6.07, 6.45) is 1.42. The van der Waals surface area contributed by atoms with Crippen LogP contribution in [0.4, 0.5) is 0 Å². The van der Waals surface area contributed by atoms with Gasteiger partial charge in [-0.25, -0.2) is 4.98 Å². The first-order valence-electron chi connectivity index (χ1n) is 8.12. The molecule has 1 aliphatic rings. The summed E-state index contributed by atoms with van der Waals surface area (Å²) in [7, 11) is 0. The molecule has 3 N–H and O–H groups in total. The molecule has 0 spiro atoms. The van der Waals surface area contributed by atoms with Crippen molar-refractivity contribution in [1.29, 1.82) is 0 Å². The van der Waals surface area contributed by atoms with Gasteiger partial charge < -0.3 is 15.1 Å². The molecule has 1 amide bonds. The van der Waals surface area contributed by atoms with Crippen LogP contribution in [-0.4, -0.2) is 34.2 Å². The van der Waals surface area contributed by atoms with Gasteiger partial charge in [-0.1, -0.05) is 12.1 Å². The highest BCUT2D eigenvalue weighted by Gasteiger charge is 2.21. The first-order chi connectivity index (χ1) is 11.7. The van der Waals surface area contributed by atoms with Crippen molar-refractivity contribution in [3.05, 3.63) is 46.6 Å². The SMILES string of the molecule is Cc1cccc2oc(CCNC(=O)c3n[nH]c4c3CNCC4)nc12. The highest BCUT2D eigenvalue weighted by atomic mass is 16.3. The second-order valence-electron chi connectivity index (χ2n) is 5.99. The smallest absolute Gasteiger partial charge is 0.272 e. The van der Waals surface area contributed by atoms with E-state index in [1.54, 1.807) is 0 Å². The minimum absolute atomic E-state index is 0.163. The molecule has 1 aromatic carbocycles. The topological polar surface area (TPSA) is 95.8 Å². The van der Waals surface area contributed by atoms with Gasteiger partial charge in [0.1, 0.15) is 5.52 Å². The van der Waals surface area contributed by atoms with Gasteiger partial charge in [-0.2, -0.15) is 5.10 Å². The normalized spacial score (nSPS) is 13.9. The Hall–Kier alpha value is -2.67. The van der Waals surface area contributed by atoms with Gasteiger partial charge in [0.25, 0.3) is 5.91 Å². The lowest BCUT2D eigenvalue weighted by Crippen LogP contribution is -2.29. The summed E-state index contributed by atoms with van der Waals surface area (Å²) < 4.78 is 5.72. The van der Waals surface area contributed by atoms with E-state index in [4.69, 9.17) is 4.42 Å². The molecule has 2 aromatic heterocycles. The molecule has 0 unspecified atom stereocenters. The van der Waals surface area contributed by atoms with Crippen molar-refractivity contribution in [1.82, 2.24) is 25.8 Å². The molecule has 0 radical (unpaired) electrons. The number of hydrogen-bond acceptors (Lipinski definition) is 5. The van der Waals surface area contributed by atoms with Crippen LogP contribution in [0.1, 0.15) is 33.2 Å². The summed E-state index contributed by atoms with van der Waals surface area (Å²) in [6.45, 7) is 4.05. The van der Waals surface area contributed by atoms with Crippen LogP contribution in [0.3, 0.4) is 0 Å². The zero-order valence-electron chi connectivity index (χ0n) is 13.5. The maximum absolute atomic E-state index is 12.3. The van der Waals surface area contributed by atoms with Crippen LogP contribution in [0.5, 0.6) is 0 Å². The number of carbonyl (C=O) groups excluding carboxylic acids is 1. The van der Waals surface area contributed by atoms with E-state index in [2.05, 4.69) is 25.8 Å². The molecule has 0 fully saturated rings. The number of aromatic nitrogens is 3. The third-order valence-electron chi connectivity index (χ3n) is 4.31. The van der Waals surface area contributed by atoms with E-state index in [9.17, 15) is 4.79 Å². The van der Waals surface area contributed by atoms with E-state index in [-0.39, 0.29) is 5.91 Å². The average Bonchev–Trinajstić information content (AvgIpc) is 3.19. The summed E-state index contributed by atoms with van der Waals surface area (Å²) >= 11 is 0. The van der Waals surface area contributed by atoms with E-state index < -0.39 is 0 Å². The number of amides is 1. The number of fused-ring (bicyclic) bond motifs is 2. The summed E-state index contributed by atoms with van der Waals surface area (Å²) in [4.78, 5) is 16.8. The number of H-pyrrole nitrogens is 1. The molecule has 0 saturated carbocycles. The maximum Gasteiger partial charge on any atom is 0.272 e. The third kappa shape index (κ3) is 2.67. The highest BCUT2D eigenvalue weighted by Crippen LogP contribution is 2.19. The van der Waals surface area contributed by atoms with Gasteiger partial charge in [0, 0.05) is 43.7 Å². The van der Waals surface area contributed by atoms with Gasteiger partial charge in [0.2, 0.25) is 0 Å². The number of nitrogens with zero attached hydrogens (tertiary/aromatic N) is 2. The Labute approximate surface area is 138 Å². The van der Waals surface area contributed by atoms with Crippen molar-refractivity contribution in [3.8, 4) is 0 Å². The number of aryl methyl sites for hydroxylation is 1. The summed E-state index contributed by atoms with van der Waals surface area (Å²) in [6, 6.07) is 5.86. The van der Waals surface area contributed by atoms with Crippen molar-refractivity contribution in [2.45, 2.75) is 26.3 Å². The molecular weight excluding hydrogens is 306 g/mol. The molecule has 3 aromatic rings. The van der Waals surface area contributed by atoms with Crippen molar-refractivity contribution in [2.24, 2.45) is 0 Å². The molecule has 3 heterocycles. The lowest BCUT2D eigenvalue weighted by atomic mass is 10.1. The van der Waals surface area contributed by atoms with Crippen molar-refractivity contribution in [3.63, 3.8) is 0 Å². The van der Waals surface area contributed by atoms with Gasteiger partial charge in [-0.3, -0.25) is 9.89 Å². The Bertz CT molecular complexity index is 896. The van der Waals surface area contributed by atoms with Crippen LogP contribution >= 0.6 is 0 Å². The van der Waals surface area contributed by atoms with Gasteiger partial charge >= 0.3 is 0 Å². The molecule has 124 valence electrons. The van der Waals surface area contributed by atoms with Crippen LogP contribution < -0.4 is 10.6 Å². The standard InChI is InChI=1S/C17H19N5O2/c1-10-3-2-4-13-15(10)20-14(24-13)6-8-19-17(23)16-11-9-18-7-5-12(11)21-22-16/h2-4,18H,5-9H2,1H3,(H,19,23)(H,21,22). The van der Waals surface area contributed by atoms with Gasteiger partial charge in [-0.05, 0) is 18.6 Å². The van der Waals surface area contributed by atoms with Crippen molar-refractivity contribution < 1.29 is 9.21 Å². The first kappa shape index (κ1) is 14.9. The molecule has 7 heteroatoms. The van der Waals surface area contributed by atoms with Crippen LogP contribution in [0.15, 0.2) is 22.6 Å². The average molecular weight is 325 g/mol. The Balaban J connectivity index is 1.40. The van der Waals surface area contributed by atoms with E-state index >= 15 is 0 Å². The summed E-state index contributed by atoms with van der Waals surface area (Å²) in [5, 5.41) is 13.3. The number of nitrogens with one attached hydrogen (secondary N) is 3. The second kappa shape index (κ2) is 6.09. The fourth-order valence-electron chi connectivity index (χ4n) is 3.02. The molecule has 4 rings (SSSR count).